The molecule has 0 aliphatic carbocycles. The van der Waals surface area contributed by atoms with Crippen molar-refractivity contribution in [1.29, 1.82) is 0 Å². The largest absolute Gasteiger partial charge is 0.401 e. The van der Waals surface area contributed by atoms with Crippen molar-refractivity contribution < 1.29 is 9.21 Å². The summed E-state index contributed by atoms with van der Waals surface area (Å²) >= 11 is 4.63. The number of hydrogen-bond acceptors (Lipinski definition) is 6. The highest BCUT2D eigenvalue weighted by atomic mass is 79.9. The molecule has 0 spiro atoms. The number of thiophene rings is 1. The second-order valence-electron chi connectivity index (χ2n) is 4.26. The molecule has 0 bridgehead atoms. The molecule has 1 N–H and O–H groups in total. The van der Waals surface area contributed by atoms with Crippen LogP contribution < -0.4 is 5.32 Å². The van der Waals surface area contributed by atoms with Crippen LogP contribution in [0.15, 0.2) is 26.4 Å². The summed E-state index contributed by atoms with van der Waals surface area (Å²) in [6.07, 6.45) is 0. The van der Waals surface area contributed by atoms with E-state index in [0.717, 1.165) is 9.48 Å². The van der Waals surface area contributed by atoms with E-state index in [2.05, 4.69) is 36.5 Å². The third-order valence-corrected chi connectivity index (χ3v) is 4.40. The molecule has 0 aliphatic heterocycles. The van der Waals surface area contributed by atoms with Crippen molar-refractivity contribution in [1.82, 2.24) is 20.0 Å². The molecule has 0 unspecified atom stereocenters. The molecular weight excluding hydrogens is 358 g/mol. The highest BCUT2D eigenvalue weighted by Gasteiger charge is 2.16. The van der Waals surface area contributed by atoms with Crippen molar-refractivity contribution in [2.45, 2.75) is 6.92 Å². The predicted molar refractivity (Wildman–Crippen MR) is 81.2 cm³/mol. The van der Waals surface area contributed by atoms with Crippen LogP contribution in [0.1, 0.15) is 15.4 Å². The maximum Gasteiger partial charge on any atom is 0.322 e. The van der Waals surface area contributed by atoms with Gasteiger partial charge >= 0.3 is 6.01 Å². The smallest absolute Gasteiger partial charge is 0.322 e. The van der Waals surface area contributed by atoms with Crippen LogP contribution in [0.3, 0.4) is 0 Å². The Balaban J connectivity index is 1.77. The number of amides is 1. The fourth-order valence-corrected chi connectivity index (χ4v) is 2.92. The van der Waals surface area contributed by atoms with Crippen molar-refractivity contribution in [2.75, 3.05) is 5.32 Å². The Kier molecular flexibility index (Phi) is 3.60. The lowest BCUT2D eigenvalue weighted by atomic mass is 10.4. The number of aryl methyl sites for hydroxylation is 2. The van der Waals surface area contributed by atoms with Gasteiger partial charge in [0.15, 0.2) is 0 Å². The lowest BCUT2D eigenvalue weighted by Gasteiger charge is -1.95. The zero-order chi connectivity index (χ0) is 15.0. The summed E-state index contributed by atoms with van der Waals surface area (Å²) in [5, 5.41) is 14.5. The first-order chi connectivity index (χ1) is 10.0. The number of nitrogens with one attached hydrogen (secondary N) is 1. The van der Waals surface area contributed by atoms with Crippen LogP contribution in [0.5, 0.6) is 0 Å². The summed E-state index contributed by atoms with van der Waals surface area (Å²) < 4.78 is 7.99. The molecule has 0 saturated heterocycles. The van der Waals surface area contributed by atoms with Gasteiger partial charge in [-0.3, -0.25) is 14.8 Å². The van der Waals surface area contributed by atoms with Crippen LogP contribution >= 0.6 is 27.3 Å². The Morgan fingerprint density at radius 1 is 1.43 bits per heavy atom. The van der Waals surface area contributed by atoms with Crippen LogP contribution in [-0.4, -0.2) is 25.9 Å². The van der Waals surface area contributed by atoms with E-state index in [1.807, 2.05) is 20.0 Å². The summed E-state index contributed by atoms with van der Waals surface area (Å²) in [4.78, 5) is 12.5. The molecule has 21 heavy (non-hydrogen) atoms. The standard InChI is InChI=1S/C12H10BrN5O2S/c1-6-5-7(17-18(6)2)11-15-16-12(20-11)14-10(19)8-3-4-9(13)21-8/h3-5H,1-2H3,(H,14,16,19). The first kappa shape index (κ1) is 14.0. The van der Waals surface area contributed by atoms with Gasteiger partial charge in [-0.25, -0.2) is 0 Å². The van der Waals surface area contributed by atoms with Crippen LogP contribution in [0.4, 0.5) is 6.01 Å². The van der Waals surface area contributed by atoms with Gasteiger partial charge in [0.25, 0.3) is 11.8 Å². The quantitative estimate of drug-likeness (QED) is 0.768. The molecule has 0 aromatic carbocycles. The number of carbonyl (C=O) groups is 1. The summed E-state index contributed by atoms with van der Waals surface area (Å²) in [6, 6.07) is 5.39. The Hall–Kier alpha value is -2.00. The fourth-order valence-electron chi connectivity index (χ4n) is 1.64. The Labute approximate surface area is 132 Å². The number of rotatable bonds is 3. The molecule has 108 valence electrons. The van der Waals surface area contributed by atoms with E-state index < -0.39 is 0 Å². The van der Waals surface area contributed by atoms with Crippen molar-refractivity contribution >= 4 is 39.2 Å². The number of hydrogen-bond donors (Lipinski definition) is 1. The number of nitrogens with zero attached hydrogens (tertiary/aromatic N) is 4. The zero-order valence-corrected chi connectivity index (χ0v) is 13.5. The van der Waals surface area contributed by atoms with E-state index in [9.17, 15) is 4.79 Å². The number of anilines is 1. The lowest BCUT2D eigenvalue weighted by molar-refractivity contribution is 0.102. The molecule has 0 saturated carbocycles. The van der Waals surface area contributed by atoms with E-state index in [1.165, 1.54) is 11.3 Å². The average molecular weight is 368 g/mol. The molecule has 7 nitrogen and oxygen atoms in total. The van der Waals surface area contributed by atoms with Gasteiger partial charge in [0, 0.05) is 12.7 Å². The zero-order valence-electron chi connectivity index (χ0n) is 11.1. The summed E-state index contributed by atoms with van der Waals surface area (Å²) in [6.45, 7) is 1.92. The third-order valence-electron chi connectivity index (χ3n) is 2.78. The van der Waals surface area contributed by atoms with Gasteiger partial charge in [0.1, 0.15) is 5.69 Å². The second kappa shape index (κ2) is 5.41. The summed E-state index contributed by atoms with van der Waals surface area (Å²) in [7, 11) is 1.83. The molecule has 0 aliphatic rings. The topological polar surface area (TPSA) is 85.8 Å². The van der Waals surface area contributed by atoms with Crippen LogP contribution in [0.25, 0.3) is 11.6 Å². The third kappa shape index (κ3) is 2.88. The SMILES string of the molecule is Cc1cc(-c2nnc(NC(=O)c3ccc(Br)s3)o2)nn1C. The monoisotopic (exact) mass is 367 g/mol. The van der Waals surface area contributed by atoms with Crippen molar-refractivity contribution in [3.8, 4) is 11.6 Å². The van der Waals surface area contributed by atoms with Crippen molar-refractivity contribution in [2.24, 2.45) is 7.05 Å². The van der Waals surface area contributed by atoms with Crippen molar-refractivity contribution in [3.63, 3.8) is 0 Å². The second-order valence-corrected chi connectivity index (χ2v) is 6.73. The Bertz CT molecular complexity index is 787. The fraction of sp³-hybridized carbons (Fsp3) is 0.167. The molecule has 0 atom stereocenters. The average Bonchev–Trinajstić information content (AvgIpc) is 3.12. The first-order valence-electron chi connectivity index (χ1n) is 5.94. The summed E-state index contributed by atoms with van der Waals surface area (Å²) in [5.41, 5.74) is 1.54. The van der Waals surface area contributed by atoms with Crippen LogP contribution in [0.2, 0.25) is 0 Å². The van der Waals surface area contributed by atoms with Gasteiger partial charge in [0.2, 0.25) is 0 Å². The number of halogens is 1. The first-order valence-corrected chi connectivity index (χ1v) is 7.55. The van der Waals surface area contributed by atoms with Gasteiger partial charge in [-0.1, -0.05) is 5.10 Å². The molecule has 3 heterocycles. The van der Waals surface area contributed by atoms with Gasteiger partial charge in [0.05, 0.1) is 8.66 Å². The molecule has 1 amide bonds. The van der Waals surface area contributed by atoms with Gasteiger partial charge in [-0.2, -0.15) is 5.10 Å². The van der Waals surface area contributed by atoms with Crippen molar-refractivity contribution in [3.05, 3.63) is 32.6 Å². The minimum absolute atomic E-state index is 0.0443. The molecule has 3 rings (SSSR count). The Morgan fingerprint density at radius 3 is 2.86 bits per heavy atom. The van der Waals surface area contributed by atoms with E-state index in [-0.39, 0.29) is 17.8 Å². The number of aromatic nitrogens is 4. The lowest BCUT2D eigenvalue weighted by Crippen LogP contribution is -2.10. The number of carbonyl (C=O) groups excluding carboxylic acids is 1. The molecule has 0 radical (unpaired) electrons. The van der Waals surface area contributed by atoms with E-state index in [4.69, 9.17) is 4.42 Å². The molecular formula is C12H10BrN5O2S. The molecule has 3 aromatic rings. The highest BCUT2D eigenvalue weighted by Crippen LogP contribution is 2.24. The van der Waals surface area contributed by atoms with Crippen LogP contribution in [0, 0.1) is 6.92 Å². The van der Waals surface area contributed by atoms with Gasteiger partial charge < -0.3 is 4.42 Å². The minimum Gasteiger partial charge on any atom is -0.401 e. The van der Waals surface area contributed by atoms with Gasteiger partial charge in [-0.05, 0) is 41.1 Å². The maximum atomic E-state index is 12.0. The minimum atomic E-state index is -0.293. The highest BCUT2D eigenvalue weighted by molar-refractivity contribution is 9.11. The van der Waals surface area contributed by atoms with E-state index in [1.54, 1.807) is 16.8 Å². The summed E-state index contributed by atoms with van der Waals surface area (Å²) in [5.74, 6) is -0.0283. The molecule has 9 heteroatoms. The van der Waals surface area contributed by atoms with Crippen LogP contribution in [-0.2, 0) is 7.05 Å². The van der Waals surface area contributed by atoms with Gasteiger partial charge in [-0.15, -0.1) is 16.4 Å². The molecule has 3 aromatic heterocycles. The normalized spacial score (nSPS) is 10.8. The maximum absolute atomic E-state index is 12.0. The van der Waals surface area contributed by atoms with E-state index in [0.29, 0.717) is 10.6 Å². The van der Waals surface area contributed by atoms with E-state index >= 15 is 0 Å². The predicted octanol–water partition coefficient (Wildman–Crippen LogP) is 2.85. The Morgan fingerprint density at radius 2 is 2.24 bits per heavy atom. The molecule has 0 fully saturated rings.